The van der Waals surface area contributed by atoms with E-state index < -0.39 is 0 Å². The number of carbonyl (C=O) groups is 1. The van der Waals surface area contributed by atoms with Crippen molar-refractivity contribution in [3.05, 3.63) is 64.8 Å². The van der Waals surface area contributed by atoms with Crippen LogP contribution in [0.25, 0.3) is 10.9 Å². The number of nitrogens with zero attached hydrogens (tertiary/aromatic N) is 1. The maximum Gasteiger partial charge on any atom is 0.251 e. The van der Waals surface area contributed by atoms with Gasteiger partial charge in [-0.1, -0.05) is 35.9 Å². The summed E-state index contributed by atoms with van der Waals surface area (Å²) in [6, 6.07) is 14.6. The summed E-state index contributed by atoms with van der Waals surface area (Å²) in [7, 11) is 0. The van der Waals surface area contributed by atoms with Gasteiger partial charge in [0.25, 0.3) is 5.91 Å². The average molecular weight is 286 g/mol. The first-order valence-corrected chi connectivity index (χ1v) is 6.57. The van der Waals surface area contributed by atoms with Gasteiger partial charge in [-0.3, -0.25) is 9.89 Å². The van der Waals surface area contributed by atoms with E-state index in [9.17, 15) is 4.79 Å². The maximum atomic E-state index is 12.0. The fourth-order valence-corrected chi connectivity index (χ4v) is 2.24. The molecule has 0 atom stereocenters. The predicted octanol–water partition coefficient (Wildman–Crippen LogP) is 3.15. The lowest BCUT2D eigenvalue weighted by atomic mass is 10.2. The van der Waals surface area contributed by atoms with E-state index in [1.54, 1.807) is 24.3 Å². The second-order valence-corrected chi connectivity index (χ2v) is 4.85. The second kappa shape index (κ2) is 5.35. The van der Waals surface area contributed by atoms with Crippen LogP contribution >= 0.6 is 11.6 Å². The number of rotatable bonds is 3. The Kier molecular flexibility index (Phi) is 3.39. The summed E-state index contributed by atoms with van der Waals surface area (Å²) in [6.45, 7) is 0.395. The Morgan fingerprint density at radius 2 is 2.05 bits per heavy atom. The SMILES string of the molecule is O=C(NCc1[nH]nc2ccccc12)c1cccc(Cl)c1. The van der Waals surface area contributed by atoms with Crippen LogP contribution in [-0.4, -0.2) is 16.1 Å². The monoisotopic (exact) mass is 285 g/mol. The van der Waals surface area contributed by atoms with Gasteiger partial charge in [0, 0.05) is 16.0 Å². The molecule has 2 N–H and O–H groups in total. The topological polar surface area (TPSA) is 57.8 Å². The molecule has 0 spiro atoms. The lowest BCUT2D eigenvalue weighted by molar-refractivity contribution is 0.0950. The molecule has 100 valence electrons. The number of aromatic amines is 1. The van der Waals surface area contributed by atoms with Gasteiger partial charge in [-0.05, 0) is 24.3 Å². The summed E-state index contributed by atoms with van der Waals surface area (Å²) in [5, 5.41) is 11.5. The normalized spacial score (nSPS) is 10.7. The Hall–Kier alpha value is -2.33. The van der Waals surface area contributed by atoms with Gasteiger partial charge in [-0.2, -0.15) is 5.10 Å². The molecule has 20 heavy (non-hydrogen) atoms. The van der Waals surface area contributed by atoms with Gasteiger partial charge in [0.2, 0.25) is 0 Å². The zero-order chi connectivity index (χ0) is 13.9. The molecule has 0 saturated carbocycles. The number of hydrogen-bond acceptors (Lipinski definition) is 2. The van der Waals surface area contributed by atoms with Crippen molar-refractivity contribution in [3.63, 3.8) is 0 Å². The van der Waals surface area contributed by atoms with Gasteiger partial charge in [0.1, 0.15) is 0 Å². The van der Waals surface area contributed by atoms with Gasteiger partial charge in [0.05, 0.1) is 17.8 Å². The quantitative estimate of drug-likeness (QED) is 0.777. The van der Waals surface area contributed by atoms with Gasteiger partial charge in [-0.15, -0.1) is 0 Å². The lowest BCUT2D eigenvalue weighted by Crippen LogP contribution is -2.23. The molecular formula is C15H12ClN3O. The van der Waals surface area contributed by atoms with Crippen LogP contribution < -0.4 is 5.32 Å². The van der Waals surface area contributed by atoms with Crippen LogP contribution in [-0.2, 0) is 6.54 Å². The highest BCUT2D eigenvalue weighted by molar-refractivity contribution is 6.30. The van der Waals surface area contributed by atoms with Crippen LogP contribution in [0.2, 0.25) is 5.02 Å². The molecular weight excluding hydrogens is 274 g/mol. The molecule has 0 aliphatic rings. The molecule has 4 nitrogen and oxygen atoms in total. The molecule has 0 unspecified atom stereocenters. The van der Waals surface area contributed by atoms with Crippen LogP contribution in [0.1, 0.15) is 16.1 Å². The molecule has 0 fully saturated rings. The minimum Gasteiger partial charge on any atom is -0.346 e. The highest BCUT2D eigenvalue weighted by Gasteiger charge is 2.08. The fourth-order valence-electron chi connectivity index (χ4n) is 2.05. The Morgan fingerprint density at radius 1 is 1.20 bits per heavy atom. The molecule has 0 bridgehead atoms. The van der Waals surface area contributed by atoms with Gasteiger partial charge in [-0.25, -0.2) is 0 Å². The Bertz CT molecular complexity index is 766. The van der Waals surface area contributed by atoms with Crippen molar-refractivity contribution in [2.75, 3.05) is 0 Å². The zero-order valence-electron chi connectivity index (χ0n) is 10.6. The number of amides is 1. The van der Waals surface area contributed by atoms with Crippen LogP contribution in [0.5, 0.6) is 0 Å². The molecule has 1 aromatic heterocycles. The van der Waals surface area contributed by atoms with E-state index in [1.807, 2.05) is 24.3 Å². The fraction of sp³-hybridized carbons (Fsp3) is 0.0667. The van der Waals surface area contributed by atoms with E-state index in [1.165, 1.54) is 0 Å². The number of hydrogen-bond donors (Lipinski definition) is 2. The number of carbonyl (C=O) groups excluding carboxylic acids is 1. The molecule has 1 heterocycles. The number of H-pyrrole nitrogens is 1. The Labute approximate surface area is 120 Å². The van der Waals surface area contributed by atoms with E-state index in [0.717, 1.165) is 16.6 Å². The minimum atomic E-state index is -0.161. The van der Waals surface area contributed by atoms with Crippen molar-refractivity contribution in [1.29, 1.82) is 0 Å². The molecule has 0 aliphatic carbocycles. The Balaban J connectivity index is 1.75. The summed E-state index contributed by atoms with van der Waals surface area (Å²) in [5.74, 6) is -0.161. The predicted molar refractivity (Wildman–Crippen MR) is 78.7 cm³/mol. The van der Waals surface area contributed by atoms with E-state index in [-0.39, 0.29) is 5.91 Å². The molecule has 5 heteroatoms. The number of halogens is 1. The van der Waals surface area contributed by atoms with E-state index in [4.69, 9.17) is 11.6 Å². The molecule has 3 aromatic rings. The Morgan fingerprint density at radius 3 is 2.90 bits per heavy atom. The number of para-hydroxylation sites is 1. The maximum absolute atomic E-state index is 12.0. The van der Waals surface area contributed by atoms with Crippen molar-refractivity contribution in [2.45, 2.75) is 6.54 Å². The summed E-state index contributed by atoms with van der Waals surface area (Å²) >= 11 is 5.87. The van der Waals surface area contributed by atoms with E-state index in [2.05, 4.69) is 15.5 Å². The largest absolute Gasteiger partial charge is 0.346 e. The molecule has 0 aliphatic heterocycles. The van der Waals surface area contributed by atoms with Gasteiger partial charge >= 0.3 is 0 Å². The smallest absolute Gasteiger partial charge is 0.251 e. The number of aromatic nitrogens is 2. The molecule has 2 aromatic carbocycles. The second-order valence-electron chi connectivity index (χ2n) is 4.41. The first kappa shape index (κ1) is 12.7. The third-order valence-corrected chi connectivity index (χ3v) is 3.29. The van der Waals surface area contributed by atoms with Crippen LogP contribution in [0.3, 0.4) is 0 Å². The number of fused-ring (bicyclic) bond motifs is 1. The molecule has 1 amide bonds. The van der Waals surface area contributed by atoms with Crippen molar-refractivity contribution < 1.29 is 4.79 Å². The zero-order valence-corrected chi connectivity index (χ0v) is 11.3. The minimum absolute atomic E-state index is 0.161. The standard InChI is InChI=1S/C15H12ClN3O/c16-11-5-3-4-10(8-11)15(20)17-9-14-12-6-1-2-7-13(12)18-19-14/h1-8H,9H2,(H,17,20)(H,18,19). The van der Waals surface area contributed by atoms with Crippen molar-refractivity contribution in [2.24, 2.45) is 0 Å². The lowest BCUT2D eigenvalue weighted by Gasteiger charge is -2.04. The van der Waals surface area contributed by atoms with Crippen LogP contribution in [0.4, 0.5) is 0 Å². The first-order valence-electron chi connectivity index (χ1n) is 6.20. The average Bonchev–Trinajstić information content (AvgIpc) is 2.88. The van der Waals surface area contributed by atoms with Crippen molar-refractivity contribution in [3.8, 4) is 0 Å². The van der Waals surface area contributed by atoms with E-state index >= 15 is 0 Å². The van der Waals surface area contributed by atoms with Gasteiger partial charge < -0.3 is 5.32 Å². The van der Waals surface area contributed by atoms with Crippen LogP contribution in [0, 0.1) is 0 Å². The summed E-state index contributed by atoms with van der Waals surface area (Å²) in [4.78, 5) is 12.0. The molecule has 3 rings (SSSR count). The summed E-state index contributed by atoms with van der Waals surface area (Å²) in [5.41, 5.74) is 2.32. The highest BCUT2D eigenvalue weighted by atomic mass is 35.5. The summed E-state index contributed by atoms with van der Waals surface area (Å²) in [6.07, 6.45) is 0. The highest BCUT2D eigenvalue weighted by Crippen LogP contribution is 2.15. The third-order valence-electron chi connectivity index (χ3n) is 3.05. The number of benzene rings is 2. The van der Waals surface area contributed by atoms with E-state index in [0.29, 0.717) is 17.1 Å². The van der Waals surface area contributed by atoms with Crippen molar-refractivity contribution >= 4 is 28.4 Å². The summed E-state index contributed by atoms with van der Waals surface area (Å²) < 4.78 is 0. The van der Waals surface area contributed by atoms with Gasteiger partial charge in [0.15, 0.2) is 0 Å². The molecule has 0 saturated heterocycles. The molecule has 0 radical (unpaired) electrons. The first-order chi connectivity index (χ1) is 9.74. The van der Waals surface area contributed by atoms with Crippen LogP contribution in [0.15, 0.2) is 48.5 Å². The van der Waals surface area contributed by atoms with Crippen molar-refractivity contribution in [1.82, 2.24) is 15.5 Å². The third kappa shape index (κ3) is 2.51. The number of nitrogens with one attached hydrogen (secondary N) is 2.